The van der Waals surface area contributed by atoms with Crippen LogP contribution in [0.4, 0.5) is 0 Å². The number of rotatable bonds is 9. The minimum Gasteiger partial charge on any atom is -0.409 e. The summed E-state index contributed by atoms with van der Waals surface area (Å²) in [6.45, 7) is 7.56. The fraction of sp³-hybridized carbons (Fsp3) is 0.750. The number of hydrogen-bond donors (Lipinski definition) is 1. The predicted octanol–water partition coefficient (Wildman–Crippen LogP) is 6.37. The third-order valence-electron chi connectivity index (χ3n) is 7.11. The minimum absolute atomic E-state index is 0.0951. The van der Waals surface area contributed by atoms with Crippen LogP contribution in [-0.2, 0) is 4.43 Å². The zero-order valence-electron chi connectivity index (χ0n) is 16.3. The summed E-state index contributed by atoms with van der Waals surface area (Å²) < 4.78 is 6.85. The Morgan fingerprint density at radius 2 is 1.77 bits per heavy atom. The van der Waals surface area contributed by atoms with Crippen LogP contribution in [-0.4, -0.2) is 25.9 Å². The number of nitrogens with one attached hydrogen (secondary N) is 1. The summed E-state index contributed by atoms with van der Waals surface area (Å²) in [6, 6.07) is 3.97. The van der Waals surface area contributed by atoms with Crippen LogP contribution >= 0.6 is 23.2 Å². The molecule has 3 nitrogen and oxygen atoms in total. The number of halogens is 2. The van der Waals surface area contributed by atoms with E-state index in [1.807, 2.05) is 0 Å². The molecule has 2 saturated carbocycles. The highest BCUT2D eigenvalue weighted by Gasteiger charge is 2.50. The summed E-state index contributed by atoms with van der Waals surface area (Å²) in [4.78, 5) is 4.12. The van der Waals surface area contributed by atoms with Gasteiger partial charge in [-0.15, -0.1) is 0 Å². The molecule has 6 heteroatoms. The highest BCUT2D eigenvalue weighted by Crippen LogP contribution is 2.56. The molecular weight excluding hydrogens is 383 g/mol. The Bertz CT molecular complexity index is 586. The van der Waals surface area contributed by atoms with E-state index in [9.17, 15) is 0 Å². The first-order valence-corrected chi connectivity index (χ1v) is 13.5. The fourth-order valence-electron chi connectivity index (χ4n) is 4.73. The molecule has 2 aliphatic rings. The molecule has 26 heavy (non-hydrogen) atoms. The Hall–Kier alpha value is -0.133. The van der Waals surface area contributed by atoms with E-state index in [4.69, 9.17) is 27.6 Å². The van der Waals surface area contributed by atoms with E-state index >= 15 is 0 Å². The highest BCUT2D eigenvalue weighted by atomic mass is 35.5. The van der Waals surface area contributed by atoms with Gasteiger partial charge >= 0.3 is 0 Å². The van der Waals surface area contributed by atoms with E-state index < -0.39 is 8.32 Å². The van der Waals surface area contributed by atoms with Gasteiger partial charge in [-0.1, -0.05) is 50.4 Å². The topological polar surface area (TPSA) is 34.1 Å². The molecule has 0 amide bonds. The second-order valence-electron chi connectivity index (χ2n) is 8.08. The van der Waals surface area contributed by atoms with Crippen LogP contribution in [0.2, 0.25) is 28.2 Å². The van der Waals surface area contributed by atoms with Crippen molar-refractivity contribution in [3.8, 4) is 0 Å². The Labute approximate surface area is 169 Å². The van der Waals surface area contributed by atoms with E-state index in [1.165, 1.54) is 32.1 Å². The summed E-state index contributed by atoms with van der Waals surface area (Å²) >= 11 is 13.0. The Kier molecular flexibility index (Phi) is 6.72. The molecule has 0 saturated heterocycles. The maximum absolute atomic E-state index is 6.85. The summed E-state index contributed by atoms with van der Waals surface area (Å²) in [7, 11) is -1.78. The van der Waals surface area contributed by atoms with E-state index in [0.717, 1.165) is 30.2 Å². The molecule has 3 rings (SSSR count). The van der Waals surface area contributed by atoms with E-state index in [2.05, 4.69) is 31.1 Å². The SMILES string of the molecule is CC[Si](CC)(CC)O[C@@H](CN[C@@H]1CCC12CCC2)c1c(Cl)cncc1Cl. The molecule has 2 atom stereocenters. The van der Waals surface area contributed by atoms with Crippen LogP contribution in [0, 0.1) is 5.41 Å². The van der Waals surface area contributed by atoms with Gasteiger partial charge in [0.1, 0.15) is 0 Å². The van der Waals surface area contributed by atoms with Gasteiger partial charge in [0.05, 0.1) is 16.1 Å². The summed E-state index contributed by atoms with van der Waals surface area (Å²) in [5.74, 6) is 0. The number of nitrogens with zero attached hydrogens (tertiary/aromatic N) is 1. The Balaban J connectivity index is 1.79. The maximum Gasteiger partial charge on any atom is 0.192 e. The van der Waals surface area contributed by atoms with Crippen LogP contribution < -0.4 is 5.32 Å². The first-order chi connectivity index (χ1) is 12.5. The van der Waals surface area contributed by atoms with Crippen molar-refractivity contribution < 1.29 is 4.43 Å². The van der Waals surface area contributed by atoms with Crippen LogP contribution in [0.3, 0.4) is 0 Å². The van der Waals surface area contributed by atoms with Crippen molar-refractivity contribution in [2.24, 2.45) is 5.41 Å². The molecule has 1 aromatic rings. The lowest BCUT2D eigenvalue weighted by atomic mass is 9.53. The first-order valence-electron chi connectivity index (χ1n) is 10.2. The first kappa shape index (κ1) is 20.6. The zero-order valence-corrected chi connectivity index (χ0v) is 18.8. The van der Waals surface area contributed by atoms with Gasteiger partial charge in [0.2, 0.25) is 0 Å². The van der Waals surface area contributed by atoms with Gasteiger partial charge in [-0.05, 0) is 49.2 Å². The molecule has 1 aromatic heterocycles. The predicted molar refractivity (Wildman–Crippen MR) is 113 cm³/mol. The standard InChI is InChI=1S/C20H32Cl2N2OSi/c1-4-26(5-2,6-3)25-17(19-15(21)12-23-13-16(19)22)14-24-18-8-11-20(18)9-7-10-20/h12-13,17-18,24H,4-11,14H2,1-3H3/t17-,18+/m0/s1. The molecule has 1 heterocycles. The summed E-state index contributed by atoms with van der Waals surface area (Å²) in [6.07, 6.45) is 10.1. The monoisotopic (exact) mass is 414 g/mol. The minimum atomic E-state index is -1.78. The fourth-order valence-corrected chi connectivity index (χ4v) is 8.14. The van der Waals surface area contributed by atoms with Crippen molar-refractivity contribution >= 4 is 31.5 Å². The number of pyridine rings is 1. The molecule has 0 aliphatic heterocycles. The zero-order chi connectivity index (χ0) is 18.8. The van der Waals surface area contributed by atoms with Crippen molar-refractivity contribution in [1.29, 1.82) is 0 Å². The van der Waals surface area contributed by atoms with Crippen LogP contribution in [0.1, 0.15) is 64.5 Å². The van der Waals surface area contributed by atoms with E-state index in [0.29, 0.717) is 21.5 Å². The molecule has 0 aromatic carbocycles. The molecule has 2 fully saturated rings. The highest BCUT2D eigenvalue weighted by molar-refractivity contribution is 6.73. The second kappa shape index (κ2) is 8.48. The van der Waals surface area contributed by atoms with E-state index in [1.54, 1.807) is 12.4 Å². The second-order valence-corrected chi connectivity index (χ2v) is 13.6. The molecule has 0 bridgehead atoms. The largest absolute Gasteiger partial charge is 0.409 e. The molecule has 146 valence electrons. The molecule has 0 unspecified atom stereocenters. The number of aromatic nitrogens is 1. The molecule has 0 radical (unpaired) electrons. The lowest BCUT2D eigenvalue weighted by Gasteiger charge is -2.56. The molecule has 2 aliphatic carbocycles. The van der Waals surface area contributed by atoms with Gasteiger partial charge in [0.15, 0.2) is 8.32 Å². The van der Waals surface area contributed by atoms with Gasteiger partial charge < -0.3 is 9.74 Å². The van der Waals surface area contributed by atoms with E-state index in [-0.39, 0.29) is 6.10 Å². The van der Waals surface area contributed by atoms with Gasteiger partial charge in [-0.2, -0.15) is 0 Å². The lowest BCUT2D eigenvalue weighted by molar-refractivity contribution is -0.0216. The van der Waals surface area contributed by atoms with Gasteiger partial charge in [0, 0.05) is 30.5 Å². The average molecular weight is 415 g/mol. The van der Waals surface area contributed by atoms with Crippen molar-refractivity contribution in [1.82, 2.24) is 10.3 Å². The summed E-state index contributed by atoms with van der Waals surface area (Å²) in [5.41, 5.74) is 1.48. The van der Waals surface area contributed by atoms with Crippen molar-refractivity contribution in [2.75, 3.05) is 6.54 Å². The van der Waals surface area contributed by atoms with Crippen molar-refractivity contribution in [2.45, 2.75) is 83.2 Å². The third-order valence-corrected chi connectivity index (χ3v) is 12.4. The third kappa shape index (κ3) is 3.86. The summed E-state index contributed by atoms with van der Waals surface area (Å²) in [5, 5.41) is 5.05. The normalized spacial score (nSPS) is 22.7. The molecular formula is C20H32Cl2N2OSi. The van der Waals surface area contributed by atoms with Crippen molar-refractivity contribution in [3.05, 3.63) is 28.0 Å². The van der Waals surface area contributed by atoms with Crippen LogP contribution in [0.5, 0.6) is 0 Å². The number of hydrogen-bond acceptors (Lipinski definition) is 3. The van der Waals surface area contributed by atoms with Crippen LogP contribution in [0.15, 0.2) is 12.4 Å². The maximum atomic E-state index is 6.85. The van der Waals surface area contributed by atoms with Crippen molar-refractivity contribution in [3.63, 3.8) is 0 Å². The Morgan fingerprint density at radius 3 is 2.19 bits per heavy atom. The average Bonchev–Trinajstić information content (AvgIpc) is 2.57. The quantitative estimate of drug-likeness (QED) is 0.476. The van der Waals surface area contributed by atoms with Gasteiger partial charge in [-0.3, -0.25) is 4.98 Å². The lowest BCUT2D eigenvalue weighted by Crippen LogP contribution is -2.57. The van der Waals surface area contributed by atoms with Crippen LogP contribution in [0.25, 0.3) is 0 Å². The smallest absolute Gasteiger partial charge is 0.192 e. The van der Waals surface area contributed by atoms with Gasteiger partial charge in [0.25, 0.3) is 0 Å². The van der Waals surface area contributed by atoms with Gasteiger partial charge in [-0.25, -0.2) is 0 Å². The molecule has 1 N–H and O–H groups in total. The Morgan fingerprint density at radius 1 is 1.15 bits per heavy atom. The molecule has 1 spiro atoms.